The van der Waals surface area contributed by atoms with Gasteiger partial charge in [0.1, 0.15) is 0 Å². The second kappa shape index (κ2) is 4.10. The minimum atomic E-state index is -0.628. The fourth-order valence-electron chi connectivity index (χ4n) is 3.75. The van der Waals surface area contributed by atoms with Crippen LogP contribution in [0.5, 0.6) is 0 Å². The molecule has 2 rings (SSSR count). The van der Waals surface area contributed by atoms with Gasteiger partial charge in [-0.05, 0) is 55.9 Å². The molecule has 0 aliphatic heterocycles. The number of hydrogen-bond donors (Lipinski definition) is 2. The van der Waals surface area contributed by atoms with Crippen molar-refractivity contribution >= 4 is 0 Å². The summed E-state index contributed by atoms with van der Waals surface area (Å²) in [5.41, 5.74) is 0.681. The normalized spacial score (nSPS) is 45.8. The zero-order valence-corrected chi connectivity index (χ0v) is 11.5. The minimum absolute atomic E-state index is 0.193. The molecule has 2 aliphatic rings. The topological polar surface area (TPSA) is 40.5 Å². The third-order valence-corrected chi connectivity index (χ3v) is 5.08. The summed E-state index contributed by atoms with van der Waals surface area (Å²) in [7, 11) is 0. The van der Waals surface area contributed by atoms with Crippen molar-refractivity contribution in [1.82, 2.24) is 0 Å². The SMILES string of the molecule is CC1=C[C@@H]2[C@@H](C[C@@H]1O)[C@@](C)(O)CCCC2(C)C. The summed E-state index contributed by atoms with van der Waals surface area (Å²) in [5.74, 6) is 0.585. The molecule has 0 heterocycles. The van der Waals surface area contributed by atoms with Crippen LogP contribution in [0.1, 0.15) is 53.4 Å². The number of aliphatic hydroxyl groups excluding tert-OH is 1. The van der Waals surface area contributed by atoms with Crippen LogP contribution in [0.15, 0.2) is 11.6 Å². The molecule has 1 fully saturated rings. The molecule has 2 heteroatoms. The van der Waals surface area contributed by atoms with Gasteiger partial charge in [-0.3, -0.25) is 0 Å². The molecule has 0 spiro atoms. The molecule has 4 atom stereocenters. The number of aliphatic hydroxyl groups is 2. The maximum absolute atomic E-state index is 10.6. The van der Waals surface area contributed by atoms with Gasteiger partial charge in [-0.2, -0.15) is 0 Å². The van der Waals surface area contributed by atoms with Crippen molar-refractivity contribution in [2.45, 2.75) is 65.1 Å². The van der Waals surface area contributed by atoms with E-state index in [1.165, 1.54) is 0 Å². The Bertz CT molecular complexity index is 328. The molecule has 2 aliphatic carbocycles. The predicted octanol–water partition coefficient (Wildman–Crippen LogP) is 2.89. The average molecular weight is 238 g/mol. The standard InChI is InChI=1S/C15H26O2/c1-10-8-11-12(9-13(10)16)15(4,17)7-5-6-14(11,2)3/h8,11-13,16-17H,5-7,9H2,1-4H3/t11-,12-,13+,15+/m1/s1. The maximum Gasteiger partial charge on any atom is 0.0751 e. The smallest absolute Gasteiger partial charge is 0.0751 e. The second-order valence-electron chi connectivity index (χ2n) is 6.99. The van der Waals surface area contributed by atoms with Crippen LogP contribution in [0.2, 0.25) is 0 Å². The van der Waals surface area contributed by atoms with E-state index in [-0.39, 0.29) is 17.4 Å². The van der Waals surface area contributed by atoms with Crippen LogP contribution in [0, 0.1) is 17.3 Å². The van der Waals surface area contributed by atoms with Crippen molar-refractivity contribution in [2.75, 3.05) is 0 Å². The highest BCUT2D eigenvalue weighted by Gasteiger charge is 2.48. The van der Waals surface area contributed by atoms with E-state index in [9.17, 15) is 10.2 Å². The summed E-state index contributed by atoms with van der Waals surface area (Å²) in [6.45, 7) is 8.56. The molecule has 0 radical (unpaired) electrons. The van der Waals surface area contributed by atoms with E-state index in [0.29, 0.717) is 12.3 Å². The van der Waals surface area contributed by atoms with Gasteiger partial charge in [0.2, 0.25) is 0 Å². The summed E-state index contributed by atoms with van der Waals surface area (Å²) in [4.78, 5) is 0. The molecule has 1 saturated carbocycles. The highest BCUT2D eigenvalue weighted by molar-refractivity contribution is 5.18. The lowest BCUT2D eigenvalue weighted by Crippen LogP contribution is -2.45. The molecule has 0 unspecified atom stereocenters. The largest absolute Gasteiger partial charge is 0.390 e. The molecule has 0 aromatic heterocycles. The fraction of sp³-hybridized carbons (Fsp3) is 0.867. The Balaban J connectivity index is 2.41. The molecule has 0 saturated heterocycles. The predicted molar refractivity (Wildman–Crippen MR) is 69.6 cm³/mol. The summed E-state index contributed by atoms with van der Waals surface area (Å²) in [6, 6.07) is 0. The first-order chi connectivity index (χ1) is 7.74. The molecule has 2 nitrogen and oxygen atoms in total. The van der Waals surface area contributed by atoms with Gasteiger partial charge >= 0.3 is 0 Å². The van der Waals surface area contributed by atoms with Crippen molar-refractivity contribution in [3.8, 4) is 0 Å². The van der Waals surface area contributed by atoms with E-state index in [1.807, 2.05) is 13.8 Å². The lowest BCUT2D eigenvalue weighted by Gasteiger charge is -2.45. The van der Waals surface area contributed by atoms with Crippen molar-refractivity contribution in [3.63, 3.8) is 0 Å². The first kappa shape index (κ1) is 13.1. The Morgan fingerprint density at radius 2 is 1.88 bits per heavy atom. The second-order valence-corrected chi connectivity index (χ2v) is 6.99. The highest BCUT2D eigenvalue weighted by atomic mass is 16.3. The van der Waals surface area contributed by atoms with Gasteiger partial charge in [0.25, 0.3) is 0 Å². The van der Waals surface area contributed by atoms with E-state index in [0.717, 1.165) is 24.8 Å². The molecule has 0 aromatic carbocycles. The van der Waals surface area contributed by atoms with Crippen LogP contribution in [0.4, 0.5) is 0 Å². The first-order valence-corrected chi connectivity index (χ1v) is 6.83. The molecule has 98 valence electrons. The third kappa shape index (κ3) is 2.30. The van der Waals surface area contributed by atoms with Gasteiger partial charge in [-0.25, -0.2) is 0 Å². The van der Waals surface area contributed by atoms with Crippen molar-refractivity contribution < 1.29 is 10.2 Å². The van der Waals surface area contributed by atoms with Gasteiger partial charge < -0.3 is 10.2 Å². The Hall–Kier alpha value is -0.340. The summed E-state index contributed by atoms with van der Waals surface area (Å²) in [5, 5.41) is 20.7. The van der Waals surface area contributed by atoms with E-state index >= 15 is 0 Å². The molecule has 0 amide bonds. The van der Waals surface area contributed by atoms with E-state index in [4.69, 9.17) is 0 Å². The Kier molecular flexibility index (Phi) is 3.16. The molecule has 2 N–H and O–H groups in total. The number of rotatable bonds is 0. The van der Waals surface area contributed by atoms with Gasteiger partial charge in [-0.1, -0.05) is 26.3 Å². The van der Waals surface area contributed by atoms with Crippen LogP contribution >= 0.6 is 0 Å². The van der Waals surface area contributed by atoms with Crippen LogP contribution in [-0.4, -0.2) is 21.9 Å². The van der Waals surface area contributed by atoms with Gasteiger partial charge in [0, 0.05) is 0 Å². The van der Waals surface area contributed by atoms with E-state index < -0.39 is 5.60 Å². The van der Waals surface area contributed by atoms with Crippen LogP contribution in [0.3, 0.4) is 0 Å². The molecule has 17 heavy (non-hydrogen) atoms. The first-order valence-electron chi connectivity index (χ1n) is 6.83. The lowest BCUT2D eigenvalue weighted by atomic mass is 9.62. The van der Waals surface area contributed by atoms with Gasteiger partial charge in [0.05, 0.1) is 11.7 Å². The van der Waals surface area contributed by atoms with E-state index in [1.54, 1.807) is 0 Å². The average Bonchev–Trinajstić information content (AvgIpc) is 2.27. The summed E-state index contributed by atoms with van der Waals surface area (Å²) in [6.07, 6.45) is 5.66. The highest BCUT2D eigenvalue weighted by Crippen LogP contribution is 2.51. The van der Waals surface area contributed by atoms with Crippen LogP contribution in [-0.2, 0) is 0 Å². The minimum Gasteiger partial charge on any atom is -0.390 e. The van der Waals surface area contributed by atoms with Crippen molar-refractivity contribution in [2.24, 2.45) is 17.3 Å². The van der Waals surface area contributed by atoms with Crippen molar-refractivity contribution in [1.29, 1.82) is 0 Å². The van der Waals surface area contributed by atoms with Crippen LogP contribution in [0.25, 0.3) is 0 Å². The fourth-order valence-corrected chi connectivity index (χ4v) is 3.75. The Morgan fingerprint density at radius 3 is 2.53 bits per heavy atom. The molecular weight excluding hydrogens is 212 g/mol. The third-order valence-electron chi connectivity index (χ3n) is 5.08. The monoisotopic (exact) mass is 238 g/mol. The van der Waals surface area contributed by atoms with Gasteiger partial charge in [-0.15, -0.1) is 0 Å². The molecular formula is C15H26O2. The summed E-state index contributed by atoms with van der Waals surface area (Å²) >= 11 is 0. The number of fused-ring (bicyclic) bond motifs is 1. The zero-order chi connectivity index (χ0) is 12.8. The number of allylic oxidation sites excluding steroid dienone is 1. The Morgan fingerprint density at radius 1 is 1.24 bits per heavy atom. The quantitative estimate of drug-likeness (QED) is 0.637. The summed E-state index contributed by atoms with van der Waals surface area (Å²) < 4.78 is 0. The zero-order valence-electron chi connectivity index (χ0n) is 11.5. The molecule has 0 aromatic rings. The van der Waals surface area contributed by atoms with Crippen LogP contribution < -0.4 is 0 Å². The maximum atomic E-state index is 10.6. The Labute approximate surface area is 105 Å². The molecule has 0 bridgehead atoms. The van der Waals surface area contributed by atoms with Gasteiger partial charge in [0.15, 0.2) is 0 Å². The number of hydrogen-bond acceptors (Lipinski definition) is 2. The van der Waals surface area contributed by atoms with Crippen molar-refractivity contribution in [3.05, 3.63) is 11.6 Å². The lowest BCUT2D eigenvalue weighted by molar-refractivity contribution is -0.0539. The van der Waals surface area contributed by atoms with E-state index in [2.05, 4.69) is 19.9 Å².